The highest BCUT2D eigenvalue weighted by Crippen LogP contribution is 2.52. The van der Waals surface area contributed by atoms with E-state index in [1.165, 1.54) is 70.5 Å². The Morgan fingerprint density at radius 2 is 1.08 bits per heavy atom. The van der Waals surface area contributed by atoms with Gasteiger partial charge >= 0.3 is 19.8 Å². The zero-order valence-electron chi connectivity index (χ0n) is 57.3. The lowest BCUT2D eigenvalue weighted by molar-refractivity contribution is -0.146. The number of methoxy groups -OCH3 is 2. The van der Waals surface area contributed by atoms with Crippen LogP contribution in [0.2, 0.25) is 0 Å². The number of terminal acetylenes is 1. The Bertz CT molecular complexity index is 4150. The summed E-state index contributed by atoms with van der Waals surface area (Å²) in [6.45, 7) is 1.77. The standard InChI is InChI=1S/C83H90FN6O9P/c1-5-7-8-9-10-11-12-13-14-15-16-17-18-37-58-95-79(91)73(59-63-38-25-19-26-39-63)89-100(92,99-72-48-35-24-36-49-72)96-61-81(6-2)74(97-83(67-44-31-22-32-45-67,68-46-33-23-34-47-68)69-52-56-71(94-4)57-53-69)60-75(98-81)90-62-85-76-77(86-80(84)87-78(76)90)88-82(64-40-27-20-28-41-64,65-42-29-21-30-43-65)66-50-54-70(93-3)55-51-66/h2,19-36,38-57,62,73-75H,5,7-18,37,58-61H2,1,3-4H3,(H,89,92)(H,86,87,88)/t73-,74-,75+,81+,100?/m0/s1. The summed E-state index contributed by atoms with van der Waals surface area (Å²) >= 11 is 0. The first-order valence-corrected chi connectivity index (χ1v) is 36.6. The van der Waals surface area contributed by atoms with Crippen LogP contribution < -0.4 is 24.4 Å². The Hall–Kier alpha value is -9.46. The van der Waals surface area contributed by atoms with Crippen LogP contribution in [-0.2, 0) is 45.7 Å². The summed E-state index contributed by atoms with van der Waals surface area (Å²) in [5.41, 5.74) is 0.978. The van der Waals surface area contributed by atoms with Gasteiger partial charge < -0.3 is 33.5 Å². The van der Waals surface area contributed by atoms with Gasteiger partial charge in [-0.1, -0.05) is 290 Å². The number of fused-ring (bicyclic) bond motifs is 1. The lowest BCUT2D eigenvalue weighted by Gasteiger charge is -2.41. The van der Waals surface area contributed by atoms with Crippen LogP contribution in [0, 0.1) is 18.4 Å². The van der Waals surface area contributed by atoms with Crippen molar-refractivity contribution >= 4 is 30.7 Å². The number of benzene rings is 8. The molecule has 11 rings (SSSR count). The van der Waals surface area contributed by atoms with E-state index in [-0.39, 0.29) is 42.2 Å². The zero-order chi connectivity index (χ0) is 69.5. The van der Waals surface area contributed by atoms with E-state index in [1.54, 1.807) is 49.1 Å². The van der Waals surface area contributed by atoms with Crippen molar-refractivity contribution in [1.82, 2.24) is 24.6 Å². The predicted octanol–water partition coefficient (Wildman–Crippen LogP) is 18.5. The molecule has 1 aliphatic rings. The Morgan fingerprint density at radius 3 is 1.59 bits per heavy atom. The molecule has 0 saturated carbocycles. The third kappa shape index (κ3) is 17.4. The molecular weight excluding hydrogens is 1270 g/mol. The molecule has 10 aromatic rings. The Labute approximate surface area is 587 Å². The number of unbranched alkanes of at least 4 members (excludes halogenated alkanes) is 13. The van der Waals surface area contributed by atoms with Crippen molar-refractivity contribution in [3.8, 4) is 29.6 Å². The van der Waals surface area contributed by atoms with Crippen LogP contribution in [0.3, 0.4) is 0 Å². The molecule has 15 nitrogen and oxygen atoms in total. The third-order valence-corrected chi connectivity index (χ3v) is 20.2. The average molecular weight is 1370 g/mol. The van der Waals surface area contributed by atoms with Gasteiger partial charge in [0.15, 0.2) is 22.6 Å². The number of aromatic nitrogens is 4. The summed E-state index contributed by atoms with van der Waals surface area (Å²) in [5.74, 6) is 3.83. The molecule has 0 spiro atoms. The number of hydrogen-bond donors (Lipinski definition) is 2. The third-order valence-electron chi connectivity index (χ3n) is 18.7. The molecule has 0 aliphatic carbocycles. The normalized spacial score (nSPS) is 16.3. The van der Waals surface area contributed by atoms with Crippen LogP contribution in [0.15, 0.2) is 237 Å². The molecule has 2 aromatic heterocycles. The van der Waals surface area contributed by atoms with E-state index < -0.39 is 61.5 Å². The highest BCUT2D eigenvalue weighted by molar-refractivity contribution is 7.52. The molecule has 3 heterocycles. The number of nitrogens with one attached hydrogen (secondary N) is 2. The summed E-state index contributed by atoms with van der Waals surface area (Å²) in [5, 5.41) is 6.76. The zero-order valence-corrected chi connectivity index (χ0v) is 58.2. The molecule has 0 radical (unpaired) electrons. The van der Waals surface area contributed by atoms with E-state index in [0.29, 0.717) is 23.5 Å². The Balaban J connectivity index is 0.953. The van der Waals surface area contributed by atoms with Crippen molar-refractivity contribution in [2.45, 2.75) is 145 Å². The van der Waals surface area contributed by atoms with Gasteiger partial charge in [0, 0.05) is 6.42 Å². The van der Waals surface area contributed by atoms with Crippen LogP contribution in [-0.4, -0.2) is 70.7 Å². The molecule has 1 fully saturated rings. The number of para-hydroxylation sites is 1. The number of carbonyl (C=O) groups excluding carboxylic acids is 1. The van der Waals surface area contributed by atoms with E-state index >= 15 is 8.96 Å². The van der Waals surface area contributed by atoms with E-state index in [2.05, 4.69) is 33.2 Å². The lowest BCUT2D eigenvalue weighted by Crippen LogP contribution is -2.49. The van der Waals surface area contributed by atoms with E-state index in [4.69, 9.17) is 44.1 Å². The maximum Gasteiger partial charge on any atom is 0.459 e. The number of rotatable bonds is 38. The number of anilines is 1. The second-order valence-corrected chi connectivity index (χ2v) is 27.1. The topological polar surface area (TPSA) is 166 Å². The molecule has 5 atom stereocenters. The largest absolute Gasteiger partial charge is 0.497 e. The molecule has 8 aromatic carbocycles. The van der Waals surface area contributed by atoms with Crippen LogP contribution in [0.25, 0.3) is 11.2 Å². The molecule has 2 N–H and O–H groups in total. The second-order valence-electron chi connectivity index (χ2n) is 25.4. The van der Waals surface area contributed by atoms with Crippen LogP contribution in [0.1, 0.15) is 148 Å². The van der Waals surface area contributed by atoms with Crippen molar-refractivity contribution < 1.29 is 46.5 Å². The van der Waals surface area contributed by atoms with Crippen molar-refractivity contribution in [2.24, 2.45) is 0 Å². The van der Waals surface area contributed by atoms with Crippen LogP contribution in [0.4, 0.5) is 10.2 Å². The maximum atomic E-state index is 16.9. The molecule has 518 valence electrons. The van der Waals surface area contributed by atoms with Crippen molar-refractivity contribution in [2.75, 3.05) is 32.8 Å². The first-order chi connectivity index (χ1) is 49.0. The number of carbonyl (C=O) groups is 1. The number of halogens is 1. The van der Waals surface area contributed by atoms with Gasteiger partial charge in [-0.15, -0.1) is 6.42 Å². The molecule has 1 unspecified atom stereocenters. The molecule has 100 heavy (non-hydrogen) atoms. The summed E-state index contributed by atoms with van der Waals surface area (Å²) in [6, 6.07) is 71.1. The molecule has 1 saturated heterocycles. The predicted molar refractivity (Wildman–Crippen MR) is 391 cm³/mol. The van der Waals surface area contributed by atoms with E-state index in [0.717, 1.165) is 52.6 Å². The van der Waals surface area contributed by atoms with Gasteiger partial charge in [-0.2, -0.15) is 19.4 Å². The summed E-state index contributed by atoms with van der Waals surface area (Å²) < 4.78 is 80.4. The molecular formula is C83H90FN6O9P. The van der Waals surface area contributed by atoms with Crippen LogP contribution >= 0.6 is 7.75 Å². The molecule has 0 amide bonds. The summed E-state index contributed by atoms with van der Waals surface area (Å²) in [7, 11) is -1.55. The highest BCUT2D eigenvalue weighted by atomic mass is 31.2. The van der Waals surface area contributed by atoms with Gasteiger partial charge in [0.25, 0.3) is 0 Å². The van der Waals surface area contributed by atoms with E-state index in [1.807, 2.05) is 200 Å². The number of hydrogen-bond acceptors (Lipinski definition) is 13. The van der Waals surface area contributed by atoms with Gasteiger partial charge in [-0.3, -0.25) is 13.9 Å². The lowest BCUT2D eigenvalue weighted by atomic mass is 9.77. The first kappa shape index (κ1) is 71.8. The molecule has 0 bridgehead atoms. The second kappa shape index (κ2) is 35.0. The number of nitrogens with zero attached hydrogens (tertiary/aromatic N) is 4. The number of ether oxygens (including phenoxy) is 5. The minimum atomic E-state index is -4.77. The molecule has 17 heteroatoms. The van der Waals surface area contributed by atoms with Gasteiger partial charge in [0.05, 0.1) is 27.2 Å². The van der Waals surface area contributed by atoms with E-state index in [9.17, 15) is 4.79 Å². The number of esters is 1. The van der Waals surface area contributed by atoms with Gasteiger partial charge in [0.2, 0.25) is 0 Å². The minimum Gasteiger partial charge on any atom is -0.497 e. The smallest absolute Gasteiger partial charge is 0.459 e. The summed E-state index contributed by atoms with van der Waals surface area (Å²) in [6.07, 6.45) is 21.7. The van der Waals surface area contributed by atoms with Gasteiger partial charge in [-0.25, -0.2) is 9.55 Å². The fourth-order valence-corrected chi connectivity index (χ4v) is 14.9. The summed E-state index contributed by atoms with van der Waals surface area (Å²) in [4.78, 5) is 28.5. The maximum absolute atomic E-state index is 16.9. The first-order valence-electron chi connectivity index (χ1n) is 35.0. The quantitative estimate of drug-likeness (QED) is 0.00937. The Kier molecular flexibility index (Phi) is 25.2. The van der Waals surface area contributed by atoms with Crippen molar-refractivity contribution in [3.63, 3.8) is 0 Å². The van der Waals surface area contributed by atoms with Crippen molar-refractivity contribution in [3.05, 3.63) is 282 Å². The van der Waals surface area contributed by atoms with Crippen molar-refractivity contribution in [1.29, 1.82) is 0 Å². The fourth-order valence-electron chi connectivity index (χ4n) is 13.4. The Morgan fingerprint density at radius 1 is 0.620 bits per heavy atom. The average Bonchev–Trinajstić information content (AvgIpc) is 1.33. The molecule has 1 aliphatic heterocycles. The number of imidazole rings is 1. The van der Waals surface area contributed by atoms with Gasteiger partial charge in [0.1, 0.15) is 53.4 Å². The van der Waals surface area contributed by atoms with Crippen LogP contribution in [0.5, 0.6) is 17.2 Å². The van der Waals surface area contributed by atoms with Gasteiger partial charge in [-0.05, 0) is 88.2 Å². The monoisotopic (exact) mass is 1360 g/mol. The minimum absolute atomic E-state index is 0.0473. The fraction of sp³-hybridized carbons (Fsp3) is 0.325. The highest BCUT2D eigenvalue weighted by Gasteiger charge is 2.56. The SMILES string of the molecule is C#C[C@]1(COP(=O)(N[C@@H](Cc2ccccc2)C(=O)OCCCCCCCCCCCCCCCC)Oc2ccccc2)O[C@@H](n2cnc3c(NC(c4ccccc4)(c4ccccc4)c4ccc(OC)cc4)nc(F)nc32)C[C@@H]1OC(c1ccccc1)(c1ccccc1)c1ccc(OC)cc1.